The number of nitrogens with one attached hydrogen (secondary N) is 1. The fourth-order valence-corrected chi connectivity index (χ4v) is 1.55. The van der Waals surface area contributed by atoms with Gasteiger partial charge in [0, 0.05) is 18.9 Å². The zero-order valence-electron chi connectivity index (χ0n) is 9.08. The lowest BCUT2D eigenvalue weighted by Crippen LogP contribution is -2.17. The van der Waals surface area contributed by atoms with E-state index in [-0.39, 0.29) is 0 Å². The van der Waals surface area contributed by atoms with E-state index in [4.69, 9.17) is 18.0 Å². The van der Waals surface area contributed by atoms with Crippen molar-refractivity contribution in [1.82, 2.24) is 20.0 Å². The topological polar surface area (TPSA) is 81.6 Å². The molecule has 7 heteroatoms. The van der Waals surface area contributed by atoms with Crippen molar-refractivity contribution >= 4 is 23.0 Å². The quantitative estimate of drug-likeness (QED) is 0.746. The molecular weight excluding hydrogens is 236 g/mol. The molecule has 0 aliphatic heterocycles. The molecular formula is C10H12N6S. The first-order valence-corrected chi connectivity index (χ1v) is 5.51. The van der Waals surface area contributed by atoms with Gasteiger partial charge in [0.25, 0.3) is 0 Å². The summed E-state index contributed by atoms with van der Waals surface area (Å²) in [5.41, 5.74) is 6.29. The highest BCUT2D eigenvalue weighted by Crippen LogP contribution is 2.09. The largest absolute Gasteiger partial charge is 0.389 e. The molecule has 0 radical (unpaired) electrons. The van der Waals surface area contributed by atoms with E-state index >= 15 is 0 Å². The average molecular weight is 248 g/mol. The van der Waals surface area contributed by atoms with Crippen LogP contribution in [0.15, 0.2) is 30.7 Å². The maximum absolute atomic E-state index is 5.59. The summed E-state index contributed by atoms with van der Waals surface area (Å²) in [6, 6.07) is 3.62. The monoisotopic (exact) mass is 248 g/mol. The van der Waals surface area contributed by atoms with Gasteiger partial charge >= 0.3 is 0 Å². The highest BCUT2D eigenvalue weighted by atomic mass is 32.1. The first-order valence-electron chi connectivity index (χ1n) is 5.10. The Balaban J connectivity index is 1.97. The summed E-state index contributed by atoms with van der Waals surface area (Å²) in [5.74, 6) is 0.604. The average Bonchev–Trinajstić information content (AvgIpc) is 2.82. The normalized spacial score (nSPS) is 10.1. The van der Waals surface area contributed by atoms with Crippen molar-refractivity contribution in [2.24, 2.45) is 5.73 Å². The van der Waals surface area contributed by atoms with Crippen molar-refractivity contribution in [2.75, 3.05) is 11.9 Å². The van der Waals surface area contributed by atoms with E-state index in [9.17, 15) is 0 Å². The van der Waals surface area contributed by atoms with Gasteiger partial charge in [-0.15, -0.1) is 5.10 Å². The standard InChI is InChI=1S/C10H12N6S/c11-9(17)8-2-4-13-15-10(8)12-5-7-16-6-1-3-14-16/h1-4,6H,5,7H2,(H2,11,17)(H,12,15). The van der Waals surface area contributed by atoms with Gasteiger partial charge in [0.1, 0.15) is 4.99 Å². The molecule has 0 bridgehead atoms. The number of rotatable bonds is 5. The van der Waals surface area contributed by atoms with Gasteiger partial charge in [0.2, 0.25) is 0 Å². The molecule has 0 unspecified atom stereocenters. The van der Waals surface area contributed by atoms with E-state index in [2.05, 4.69) is 20.6 Å². The van der Waals surface area contributed by atoms with Gasteiger partial charge in [-0.05, 0) is 12.1 Å². The summed E-state index contributed by atoms with van der Waals surface area (Å²) in [4.78, 5) is 0.307. The smallest absolute Gasteiger partial charge is 0.159 e. The Labute approximate surface area is 104 Å². The SMILES string of the molecule is NC(=S)c1ccnnc1NCCn1cccn1. The molecule has 0 aromatic carbocycles. The molecule has 0 aliphatic carbocycles. The predicted octanol–water partition coefficient (Wildman–Crippen LogP) is 0.419. The Morgan fingerprint density at radius 2 is 2.35 bits per heavy atom. The molecule has 0 spiro atoms. The number of aromatic nitrogens is 4. The third-order valence-electron chi connectivity index (χ3n) is 2.18. The fourth-order valence-electron chi connectivity index (χ4n) is 1.38. The lowest BCUT2D eigenvalue weighted by Gasteiger charge is -2.08. The second-order valence-corrected chi connectivity index (χ2v) is 3.79. The van der Waals surface area contributed by atoms with Crippen LogP contribution in [0.2, 0.25) is 0 Å². The minimum Gasteiger partial charge on any atom is -0.389 e. The molecule has 2 heterocycles. The summed E-state index contributed by atoms with van der Waals surface area (Å²) in [5, 5.41) is 15.0. The number of hydrogen-bond acceptors (Lipinski definition) is 5. The highest BCUT2D eigenvalue weighted by molar-refractivity contribution is 7.80. The van der Waals surface area contributed by atoms with E-state index in [1.807, 2.05) is 16.9 Å². The first kappa shape index (κ1) is 11.5. The molecule has 17 heavy (non-hydrogen) atoms. The molecule has 2 rings (SSSR count). The molecule has 0 aliphatic rings. The predicted molar refractivity (Wildman–Crippen MR) is 68.6 cm³/mol. The van der Waals surface area contributed by atoms with Crippen LogP contribution in [0, 0.1) is 0 Å². The van der Waals surface area contributed by atoms with Crippen molar-refractivity contribution in [3.8, 4) is 0 Å². The van der Waals surface area contributed by atoms with Crippen molar-refractivity contribution < 1.29 is 0 Å². The van der Waals surface area contributed by atoms with Gasteiger partial charge in [-0.25, -0.2) is 0 Å². The van der Waals surface area contributed by atoms with Crippen molar-refractivity contribution in [1.29, 1.82) is 0 Å². The Morgan fingerprint density at radius 1 is 1.47 bits per heavy atom. The van der Waals surface area contributed by atoms with Crippen LogP contribution in [0.25, 0.3) is 0 Å². The first-order chi connectivity index (χ1) is 8.27. The molecule has 0 saturated heterocycles. The minimum absolute atomic E-state index is 0.307. The fraction of sp³-hybridized carbons (Fsp3) is 0.200. The third kappa shape index (κ3) is 2.97. The number of nitrogens with two attached hydrogens (primary N) is 1. The number of anilines is 1. The van der Waals surface area contributed by atoms with E-state index in [1.54, 1.807) is 18.5 Å². The summed E-state index contributed by atoms with van der Waals surface area (Å²) >= 11 is 4.93. The van der Waals surface area contributed by atoms with Crippen LogP contribution < -0.4 is 11.1 Å². The Morgan fingerprint density at radius 3 is 3.06 bits per heavy atom. The maximum atomic E-state index is 5.59. The van der Waals surface area contributed by atoms with Gasteiger partial charge in [-0.3, -0.25) is 4.68 Å². The lowest BCUT2D eigenvalue weighted by molar-refractivity contribution is 0.636. The van der Waals surface area contributed by atoms with E-state index in [0.717, 1.165) is 6.54 Å². The van der Waals surface area contributed by atoms with Crippen LogP contribution in [0.4, 0.5) is 5.82 Å². The van der Waals surface area contributed by atoms with Gasteiger partial charge in [0.05, 0.1) is 18.3 Å². The summed E-state index contributed by atoms with van der Waals surface area (Å²) in [6.07, 6.45) is 5.20. The Kier molecular flexibility index (Phi) is 3.61. The maximum Gasteiger partial charge on any atom is 0.159 e. The van der Waals surface area contributed by atoms with Crippen molar-refractivity contribution in [3.63, 3.8) is 0 Å². The summed E-state index contributed by atoms with van der Waals surface area (Å²) in [6.45, 7) is 1.41. The molecule has 0 fully saturated rings. The highest BCUT2D eigenvalue weighted by Gasteiger charge is 2.05. The third-order valence-corrected chi connectivity index (χ3v) is 2.40. The second-order valence-electron chi connectivity index (χ2n) is 3.35. The van der Waals surface area contributed by atoms with Crippen LogP contribution in [0.5, 0.6) is 0 Å². The lowest BCUT2D eigenvalue weighted by atomic mass is 10.3. The van der Waals surface area contributed by atoms with E-state index < -0.39 is 0 Å². The van der Waals surface area contributed by atoms with Gasteiger partial charge in [-0.2, -0.15) is 10.2 Å². The van der Waals surface area contributed by atoms with Crippen molar-refractivity contribution in [2.45, 2.75) is 6.54 Å². The molecule has 2 aromatic heterocycles. The number of thiocarbonyl (C=S) groups is 1. The minimum atomic E-state index is 0.307. The molecule has 88 valence electrons. The van der Waals surface area contributed by atoms with E-state index in [0.29, 0.717) is 22.9 Å². The van der Waals surface area contributed by atoms with Crippen LogP contribution >= 0.6 is 12.2 Å². The van der Waals surface area contributed by atoms with E-state index in [1.165, 1.54) is 0 Å². The van der Waals surface area contributed by atoms with Crippen LogP contribution in [0.1, 0.15) is 5.56 Å². The molecule has 3 N–H and O–H groups in total. The molecule has 0 saturated carbocycles. The zero-order valence-corrected chi connectivity index (χ0v) is 9.89. The van der Waals surface area contributed by atoms with Gasteiger partial charge in [0.15, 0.2) is 5.82 Å². The zero-order chi connectivity index (χ0) is 12.1. The summed E-state index contributed by atoms with van der Waals surface area (Å²) in [7, 11) is 0. The Bertz CT molecular complexity index is 495. The summed E-state index contributed by atoms with van der Waals surface area (Å²) < 4.78 is 1.82. The molecule has 0 atom stereocenters. The van der Waals surface area contributed by atoms with Crippen LogP contribution in [-0.2, 0) is 6.54 Å². The molecule has 0 amide bonds. The number of nitrogens with zero attached hydrogens (tertiary/aromatic N) is 4. The number of hydrogen-bond donors (Lipinski definition) is 2. The van der Waals surface area contributed by atoms with Crippen LogP contribution in [0.3, 0.4) is 0 Å². The molecule has 6 nitrogen and oxygen atoms in total. The Hall–Kier alpha value is -2.02. The van der Waals surface area contributed by atoms with Crippen molar-refractivity contribution in [3.05, 3.63) is 36.3 Å². The molecule has 2 aromatic rings. The van der Waals surface area contributed by atoms with Gasteiger partial charge < -0.3 is 11.1 Å². The van der Waals surface area contributed by atoms with Crippen LogP contribution in [-0.4, -0.2) is 31.5 Å². The second kappa shape index (κ2) is 5.35. The van der Waals surface area contributed by atoms with Gasteiger partial charge in [-0.1, -0.05) is 12.2 Å².